The lowest BCUT2D eigenvalue weighted by molar-refractivity contribution is -0.387. The van der Waals surface area contributed by atoms with Crippen molar-refractivity contribution in [3.63, 3.8) is 0 Å². The van der Waals surface area contributed by atoms with Gasteiger partial charge in [0.1, 0.15) is 97.7 Å². The number of aliphatic hydroxyl groups is 14. The van der Waals surface area contributed by atoms with Crippen molar-refractivity contribution in [2.75, 3.05) is 26.4 Å². The molecule has 4 aliphatic heterocycles. The zero-order valence-corrected chi connectivity index (χ0v) is 23.5. The number of hydrogen-bond acceptors (Lipinski definition) is 21. The third kappa shape index (κ3) is 7.44. The van der Waals surface area contributed by atoms with E-state index >= 15 is 0 Å². The Labute approximate surface area is 254 Å². The molecule has 4 aliphatic rings. The Hall–Kier alpha value is -0.840. The third-order valence-corrected chi connectivity index (χ3v) is 8.20. The van der Waals surface area contributed by atoms with Gasteiger partial charge in [0.2, 0.25) is 0 Å². The number of aliphatic hydroxyl groups excluding tert-OH is 14. The first-order chi connectivity index (χ1) is 21.3. The quantitative estimate of drug-likeness (QED) is 0.103. The van der Waals surface area contributed by atoms with Crippen LogP contribution in [0.2, 0.25) is 0 Å². The molecule has 0 saturated carbocycles. The van der Waals surface area contributed by atoms with Gasteiger partial charge < -0.3 is 105 Å². The van der Waals surface area contributed by atoms with E-state index in [0.29, 0.717) is 0 Å². The van der Waals surface area contributed by atoms with E-state index in [1.54, 1.807) is 0 Å². The van der Waals surface area contributed by atoms with Crippen LogP contribution in [0.5, 0.6) is 0 Å². The highest BCUT2D eigenvalue weighted by atomic mass is 16.8. The van der Waals surface area contributed by atoms with Crippen molar-refractivity contribution in [1.82, 2.24) is 0 Å². The SMILES string of the molecule is OC[C@H]1O[C@@H](O[C@H]2[C@H](O)[C@H](O)[C@H](O[C@H]3[C@H](O)[C@H](O)[C@H](O[C@H]4[C@H](O)[C@@H](O)[C@H](O)O[C@@H]4CO)O[C@@H]3CO)O[C@@H]2CO)[C@@H](O)[C@@H](O)[C@H]1O. The lowest BCUT2D eigenvalue weighted by Gasteiger charge is -2.49. The molecule has 0 amide bonds. The number of rotatable bonds is 10. The maximum absolute atomic E-state index is 10.9. The van der Waals surface area contributed by atoms with Gasteiger partial charge in [0, 0.05) is 0 Å². The van der Waals surface area contributed by atoms with Crippen molar-refractivity contribution in [1.29, 1.82) is 0 Å². The molecule has 0 spiro atoms. The third-order valence-electron chi connectivity index (χ3n) is 8.20. The van der Waals surface area contributed by atoms with Crippen LogP contribution in [0.1, 0.15) is 0 Å². The van der Waals surface area contributed by atoms with Crippen LogP contribution in [-0.4, -0.2) is 221 Å². The summed E-state index contributed by atoms with van der Waals surface area (Å²) >= 11 is 0. The minimum absolute atomic E-state index is 0.784. The average Bonchev–Trinajstić information content (AvgIpc) is 3.03. The summed E-state index contributed by atoms with van der Waals surface area (Å²) in [6.45, 7) is -3.39. The van der Waals surface area contributed by atoms with Crippen LogP contribution in [-0.2, 0) is 33.2 Å². The molecule has 4 fully saturated rings. The predicted molar refractivity (Wildman–Crippen MR) is 134 cm³/mol. The summed E-state index contributed by atoms with van der Waals surface area (Å²) in [5.74, 6) is 0. The summed E-state index contributed by atoms with van der Waals surface area (Å²) in [6.07, 6.45) is -35.3. The van der Waals surface area contributed by atoms with Crippen molar-refractivity contribution in [3.8, 4) is 0 Å². The number of hydrogen-bond donors (Lipinski definition) is 14. The predicted octanol–water partition coefficient (Wildman–Crippen LogP) is -9.75. The topological polar surface area (TPSA) is 348 Å². The lowest BCUT2D eigenvalue weighted by atomic mass is 9.95. The maximum atomic E-state index is 10.9. The standard InChI is InChI=1S/C24H42O21/c25-1-5-9(29)10(30)15(35)22(40-5)44-19-7(3-27)42-24(17(37)12(19)32)45-20-8(4-28)41-23(16(36)13(20)33)43-18-6(2-26)39-21(38)14(34)11(18)31/h5-38H,1-4H2/t5-,6-,7-,8-,9+,10+,11-,12-,13-,14-,15+,16+,17+,18-,19-,20-,21-,22+,23+,24+/m1/s1. The fourth-order valence-electron chi connectivity index (χ4n) is 5.55. The van der Waals surface area contributed by atoms with Crippen LogP contribution < -0.4 is 0 Å². The Morgan fingerprint density at radius 2 is 0.644 bits per heavy atom. The van der Waals surface area contributed by atoms with E-state index in [1.165, 1.54) is 0 Å². The van der Waals surface area contributed by atoms with Crippen molar-refractivity contribution in [2.45, 2.75) is 123 Å². The van der Waals surface area contributed by atoms with Gasteiger partial charge in [-0.1, -0.05) is 0 Å². The van der Waals surface area contributed by atoms with Crippen molar-refractivity contribution in [3.05, 3.63) is 0 Å². The van der Waals surface area contributed by atoms with Crippen LogP contribution in [0.4, 0.5) is 0 Å². The van der Waals surface area contributed by atoms with Gasteiger partial charge >= 0.3 is 0 Å². The largest absolute Gasteiger partial charge is 0.394 e. The molecule has 45 heavy (non-hydrogen) atoms. The van der Waals surface area contributed by atoms with E-state index in [9.17, 15) is 71.5 Å². The second-order valence-corrected chi connectivity index (χ2v) is 11.1. The Morgan fingerprint density at radius 3 is 1.02 bits per heavy atom. The first-order valence-electron chi connectivity index (χ1n) is 14.1. The van der Waals surface area contributed by atoms with E-state index in [-0.39, 0.29) is 0 Å². The fourth-order valence-corrected chi connectivity index (χ4v) is 5.55. The Bertz CT molecular complexity index is 910. The highest BCUT2D eigenvalue weighted by molar-refractivity contribution is 4.97. The summed E-state index contributed by atoms with van der Waals surface area (Å²) in [6, 6.07) is 0. The second-order valence-electron chi connectivity index (χ2n) is 11.1. The molecule has 14 N–H and O–H groups in total. The molecule has 20 atom stereocenters. The summed E-state index contributed by atoms with van der Waals surface area (Å²) in [5, 5.41) is 142. The van der Waals surface area contributed by atoms with Gasteiger partial charge in [0.05, 0.1) is 26.4 Å². The van der Waals surface area contributed by atoms with E-state index < -0.39 is 149 Å². The maximum Gasteiger partial charge on any atom is 0.187 e. The molecule has 0 aromatic carbocycles. The van der Waals surface area contributed by atoms with Gasteiger partial charge in [-0.2, -0.15) is 0 Å². The first kappa shape index (κ1) is 37.0. The molecule has 264 valence electrons. The van der Waals surface area contributed by atoms with Crippen molar-refractivity contribution >= 4 is 0 Å². The summed E-state index contributed by atoms with van der Waals surface area (Å²) in [7, 11) is 0. The van der Waals surface area contributed by atoms with Crippen LogP contribution in [0.15, 0.2) is 0 Å². The summed E-state index contributed by atoms with van der Waals surface area (Å²) < 4.78 is 37.7. The molecule has 4 rings (SSSR count). The smallest absolute Gasteiger partial charge is 0.187 e. The van der Waals surface area contributed by atoms with Crippen LogP contribution in [0, 0.1) is 0 Å². The van der Waals surface area contributed by atoms with Crippen molar-refractivity contribution in [2.24, 2.45) is 0 Å². The Morgan fingerprint density at radius 1 is 0.333 bits per heavy atom. The molecule has 21 heteroatoms. The van der Waals surface area contributed by atoms with E-state index in [0.717, 1.165) is 0 Å². The van der Waals surface area contributed by atoms with Gasteiger partial charge in [-0.05, 0) is 0 Å². The highest BCUT2D eigenvalue weighted by Gasteiger charge is 2.55. The summed E-state index contributed by atoms with van der Waals surface area (Å²) in [4.78, 5) is 0. The minimum atomic E-state index is -2.02. The lowest BCUT2D eigenvalue weighted by Crippen LogP contribution is -2.67. The average molecular weight is 667 g/mol. The molecule has 21 nitrogen and oxygen atoms in total. The molecule has 4 saturated heterocycles. The fraction of sp³-hybridized carbons (Fsp3) is 1.00. The molecule has 0 unspecified atom stereocenters. The van der Waals surface area contributed by atoms with Gasteiger partial charge in [-0.3, -0.25) is 0 Å². The molecule has 4 heterocycles. The molecule has 0 bridgehead atoms. The molecular weight excluding hydrogens is 624 g/mol. The highest BCUT2D eigenvalue weighted by Crippen LogP contribution is 2.34. The summed E-state index contributed by atoms with van der Waals surface area (Å²) in [5.41, 5.74) is 0. The van der Waals surface area contributed by atoms with Crippen molar-refractivity contribution < 1.29 is 105 Å². The van der Waals surface area contributed by atoms with Gasteiger partial charge in [0.25, 0.3) is 0 Å². The molecular formula is C24H42O21. The van der Waals surface area contributed by atoms with Crippen LogP contribution in [0.3, 0.4) is 0 Å². The normalized spacial score (nSPS) is 52.9. The minimum Gasteiger partial charge on any atom is -0.394 e. The van der Waals surface area contributed by atoms with Gasteiger partial charge in [0.15, 0.2) is 25.2 Å². The second kappa shape index (κ2) is 15.6. The Kier molecular flexibility index (Phi) is 12.8. The van der Waals surface area contributed by atoms with Crippen LogP contribution in [0.25, 0.3) is 0 Å². The molecule has 0 radical (unpaired) electrons. The van der Waals surface area contributed by atoms with E-state index in [4.69, 9.17) is 33.2 Å². The van der Waals surface area contributed by atoms with E-state index in [2.05, 4.69) is 0 Å². The zero-order chi connectivity index (χ0) is 33.3. The first-order valence-corrected chi connectivity index (χ1v) is 14.1. The van der Waals surface area contributed by atoms with Gasteiger partial charge in [-0.15, -0.1) is 0 Å². The monoisotopic (exact) mass is 666 g/mol. The number of ether oxygens (including phenoxy) is 7. The molecule has 0 aromatic heterocycles. The van der Waals surface area contributed by atoms with Crippen LogP contribution >= 0.6 is 0 Å². The molecule has 0 aromatic rings. The molecule has 0 aliphatic carbocycles. The zero-order valence-electron chi connectivity index (χ0n) is 23.5. The Balaban J connectivity index is 1.43. The van der Waals surface area contributed by atoms with Gasteiger partial charge in [-0.25, -0.2) is 0 Å². The van der Waals surface area contributed by atoms with E-state index in [1.807, 2.05) is 0 Å².